The van der Waals surface area contributed by atoms with Gasteiger partial charge in [-0.3, -0.25) is 4.79 Å². The van der Waals surface area contributed by atoms with Crippen molar-refractivity contribution in [2.75, 3.05) is 30.8 Å². The van der Waals surface area contributed by atoms with Crippen LogP contribution in [0.25, 0.3) is 0 Å². The number of aryl methyl sites for hydroxylation is 1. The quantitative estimate of drug-likeness (QED) is 0.709. The number of likely N-dealkylation sites (N-methyl/N-ethyl adjacent to an activating group) is 1. The van der Waals surface area contributed by atoms with Crippen LogP contribution in [0.1, 0.15) is 38.2 Å². The van der Waals surface area contributed by atoms with Crippen LogP contribution in [0.2, 0.25) is 0 Å². The average Bonchev–Trinajstić information content (AvgIpc) is 3.04. The fourth-order valence-electron chi connectivity index (χ4n) is 3.25. The summed E-state index contributed by atoms with van der Waals surface area (Å²) in [6.07, 6.45) is 3.65. The lowest BCUT2D eigenvalue weighted by Crippen LogP contribution is -2.30. The molecule has 0 bridgehead atoms. The standard InChI is InChI=1S/C20H26F2N6O2/c1-12-8-18(27-19(24-12)20(3,21)22)26-15-9-17(25-13(2)29)23-10-16(15)30-11-14-6-5-7-28(14)4/h8-10,14H,5-7,11H2,1-4H3,(H2,23,24,25,26,27,29). The van der Waals surface area contributed by atoms with Crippen molar-refractivity contribution in [2.45, 2.75) is 45.6 Å². The molecule has 2 aromatic rings. The molecule has 0 aliphatic carbocycles. The molecule has 1 unspecified atom stereocenters. The number of nitrogens with one attached hydrogen (secondary N) is 2. The maximum Gasteiger partial charge on any atom is 0.303 e. The lowest BCUT2D eigenvalue weighted by Gasteiger charge is -2.21. The van der Waals surface area contributed by atoms with E-state index in [9.17, 15) is 13.6 Å². The van der Waals surface area contributed by atoms with E-state index in [0.29, 0.717) is 35.6 Å². The molecule has 10 heteroatoms. The molecule has 1 amide bonds. The van der Waals surface area contributed by atoms with Crippen molar-refractivity contribution in [3.05, 3.63) is 29.8 Å². The second-order valence-electron chi connectivity index (χ2n) is 7.57. The third kappa shape index (κ3) is 5.59. The van der Waals surface area contributed by atoms with Crippen molar-refractivity contribution in [1.29, 1.82) is 0 Å². The van der Waals surface area contributed by atoms with Crippen LogP contribution in [-0.2, 0) is 10.7 Å². The van der Waals surface area contributed by atoms with Gasteiger partial charge in [0.1, 0.15) is 18.2 Å². The normalized spacial score (nSPS) is 17.1. The Hall–Kier alpha value is -2.88. The molecule has 0 spiro atoms. The number of carbonyl (C=O) groups excluding carboxylic acids is 1. The molecule has 2 aromatic heterocycles. The van der Waals surface area contributed by atoms with E-state index in [4.69, 9.17) is 4.74 Å². The van der Waals surface area contributed by atoms with Crippen LogP contribution in [0, 0.1) is 6.92 Å². The lowest BCUT2D eigenvalue weighted by molar-refractivity contribution is -0.114. The molecular formula is C20H26F2N6O2. The van der Waals surface area contributed by atoms with E-state index in [0.717, 1.165) is 26.3 Å². The molecule has 2 N–H and O–H groups in total. The average molecular weight is 420 g/mol. The van der Waals surface area contributed by atoms with Gasteiger partial charge in [0.05, 0.1) is 11.9 Å². The first kappa shape index (κ1) is 21.8. The van der Waals surface area contributed by atoms with E-state index in [-0.39, 0.29) is 11.7 Å². The van der Waals surface area contributed by atoms with Crippen molar-refractivity contribution in [3.63, 3.8) is 0 Å². The molecule has 1 saturated heterocycles. The third-order valence-electron chi connectivity index (χ3n) is 4.78. The zero-order chi connectivity index (χ0) is 21.9. The van der Waals surface area contributed by atoms with Gasteiger partial charge in [-0.25, -0.2) is 15.0 Å². The largest absolute Gasteiger partial charge is 0.488 e. The Kier molecular flexibility index (Phi) is 6.45. The number of anilines is 3. The summed E-state index contributed by atoms with van der Waals surface area (Å²) in [5, 5.41) is 5.61. The smallest absolute Gasteiger partial charge is 0.303 e. The van der Waals surface area contributed by atoms with Gasteiger partial charge in [-0.2, -0.15) is 8.78 Å². The molecule has 1 aliphatic heterocycles. The van der Waals surface area contributed by atoms with Crippen molar-refractivity contribution in [3.8, 4) is 5.75 Å². The van der Waals surface area contributed by atoms with E-state index in [1.807, 2.05) is 0 Å². The molecule has 3 heterocycles. The summed E-state index contributed by atoms with van der Waals surface area (Å²) in [6.45, 7) is 5.23. The fraction of sp³-hybridized carbons (Fsp3) is 0.500. The molecule has 0 aromatic carbocycles. The van der Waals surface area contributed by atoms with Gasteiger partial charge in [-0.1, -0.05) is 0 Å². The maximum absolute atomic E-state index is 13.7. The van der Waals surface area contributed by atoms with E-state index in [2.05, 4.69) is 37.5 Å². The monoisotopic (exact) mass is 420 g/mol. The molecule has 162 valence electrons. The number of nitrogens with zero attached hydrogens (tertiary/aromatic N) is 4. The predicted molar refractivity (Wildman–Crippen MR) is 109 cm³/mol. The molecule has 1 aliphatic rings. The third-order valence-corrected chi connectivity index (χ3v) is 4.78. The van der Waals surface area contributed by atoms with Crippen LogP contribution in [-0.4, -0.2) is 52.0 Å². The molecule has 0 radical (unpaired) electrons. The van der Waals surface area contributed by atoms with Gasteiger partial charge in [-0.05, 0) is 33.4 Å². The highest BCUT2D eigenvalue weighted by Gasteiger charge is 2.29. The highest BCUT2D eigenvalue weighted by molar-refractivity contribution is 5.88. The van der Waals surface area contributed by atoms with Gasteiger partial charge in [0.15, 0.2) is 5.75 Å². The second-order valence-corrected chi connectivity index (χ2v) is 7.57. The summed E-state index contributed by atoms with van der Waals surface area (Å²) in [5.41, 5.74) is 0.855. The highest BCUT2D eigenvalue weighted by atomic mass is 19.3. The summed E-state index contributed by atoms with van der Waals surface area (Å²) in [7, 11) is 2.05. The zero-order valence-corrected chi connectivity index (χ0v) is 17.5. The number of carbonyl (C=O) groups is 1. The van der Waals surface area contributed by atoms with Gasteiger partial charge in [0, 0.05) is 37.7 Å². The summed E-state index contributed by atoms with van der Waals surface area (Å²) < 4.78 is 33.4. The Morgan fingerprint density at radius 2 is 2.10 bits per heavy atom. The number of amides is 1. The topological polar surface area (TPSA) is 92.3 Å². The van der Waals surface area contributed by atoms with Gasteiger partial charge in [0.2, 0.25) is 11.7 Å². The van der Waals surface area contributed by atoms with E-state index in [1.54, 1.807) is 19.1 Å². The minimum absolute atomic E-state index is 0.196. The van der Waals surface area contributed by atoms with E-state index < -0.39 is 11.7 Å². The number of hydrogen-bond acceptors (Lipinski definition) is 7. The van der Waals surface area contributed by atoms with Crippen LogP contribution in [0.5, 0.6) is 5.75 Å². The summed E-state index contributed by atoms with van der Waals surface area (Å²) in [6, 6.07) is 3.43. The first-order chi connectivity index (χ1) is 14.1. The summed E-state index contributed by atoms with van der Waals surface area (Å²) >= 11 is 0. The van der Waals surface area contributed by atoms with Gasteiger partial charge < -0.3 is 20.3 Å². The van der Waals surface area contributed by atoms with Crippen molar-refractivity contribution in [1.82, 2.24) is 19.9 Å². The number of aromatic nitrogens is 3. The van der Waals surface area contributed by atoms with Crippen LogP contribution in [0.3, 0.4) is 0 Å². The van der Waals surface area contributed by atoms with E-state index in [1.165, 1.54) is 13.1 Å². The summed E-state index contributed by atoms with van der Waals surface area (Å²) in [4.78, 5) is 25.6. The van der Waals surface area contributed by atoms with Gasteiger partial charge in [-0.15, -0.1) is 0 Å². The van der Waals surface area contributed by atoms with Crippen molar-refractivity contribution in [2.24, 2.45) is 0 Å². The number of ether oxygens (including phenoxy) is 1. The first-order valence-corrected chi connectivity index (χ1v) is 9.73. The molecule has 8 nitrogen and oxygen atoms in total. The fourth-order valence-corrected chi connectivity index (χ4v) is 3.25. The molecule has 3 rings (SSSR count). The Bertz CT molecular complexity index is 919. The minimum atomic E-state index is -3.17. The van der Waals surface area contributed by atoms with E-state index >= 15 is 0 Å². The Balaban J connectivity index is 1.88. The lowest BCUT2D eigenvalue weighted by atomic mass is 10.2. The Labute approximate surface area is 174 Å². The predicted octanol–water partition coefficient (Wildman–Crippen LogP) is 3.47. The summed E-state index contributed by atoms with van der Waals surface area (Å²) in [5.74, 6) is -3.08. The van der Waals surface area contributed by atoms with Crippen LogP contribution in [0.15, 0.2) is 18.3 Å². The van der Waals surface area contributed by atoms with Gasteiger partial charge >= 0.3 is 5.92 Å². The highest BCUT2D eigenvalue weighted by Crippen LogP contribution is 2.31. The number of pyridine rings is 1. The van der Waals surface area contributed by atoms with Crippen LogP contribution < -0.4 is 15.4 Å². The Morgan fingerprint density at radius 1 is 1.33 bits per heavy atom. The van der Waals surface area contributed by atoms with Gasteiger partial charge in [0.25, 0.3) is 0 Å². The number of alkyl halides is 2. The number of rotatable bonds is 7. The molecule has 30 heavy (non-hydrogen) atoms. The van der Waals surface area contributed by atoms with Crippen LogP contribution >= 0.6 is 0 Å². The molecule has 1 fully saturated rings. The van der Waals surface area contributed by atoms with Crippen molar-refractivity contribution >= 4 is 23.2 Å². The SMILES string of the molecule is CC(=O)Nc1cc(Nc2cc(C)nc(C(C)(F)F)n2)c(OCC2CCCN2C)cn1. The molecule has 0 saturated carbocycles. The van der Waals surface area contributed by atoms with Crippen molar-refractivity contribution < 1.29 is 18.3 Å². The minimum Gasteiger partial charge on any atom is -0.488 e. The first-order valence-electron chi connectivity index (χ1n) is 9.73. The Morgan fingerprint density at radius 3 is 2.73 bits per heavy atom. The maximum atomic E-state index is 13.7. The molecular weight excluding hydrogens is 394 g/mol. The molecule has 1 atom stereocenters. The van der Waals surface area contributed by atoms with Crippen LogP contribution in [0.4, 0.5) is 26.1 Å². The number of likely N-dealkylation sites (tertiary alicyclic amines) is 1. The zero-order valence-electron chi connectivity index (χ0n) is 17.5. The second kappa shape index (κ2) is 8.86. The number of halogens is 2. The number of hydrogen-bond donors (Lipinski definition) is 2.